The zero-order chi connectivity index (χ0) is 25.2. The van der Waals surface area contributed by atoms with E-state index in [0.29, 0.717) is 0 Å². The van der Waals surface area contributed by atoms with Crippen LogP contribution in [0, 0.1) is 10.1 Å². The predicted molar refractivity (Wildman–Crippen MR) is 115 cm³/mol. The highest BCUT2D eigenvalue weighted by Crippen LogP contribution is 2.35. The zero-order valence-corrected chi connectivity index (χ0v) is 19.3. The lowest BCUT2D eigenvalue weighted by Gasteiger charge is -2.40. The summed E-state index contributed by atoms with van der Waals surface area (Å²) >= 11 is 12.4. The molecule has 1 aliphatic rings. The molecule has 0 unspecified atom stereocenters. The van der Waals surface area contributed by atoms with Crippen LogP contribution in [0.1, 0.15) is 16.2 Å². The average Bonchev–Trinajstić information content (AvgIpc) is 3.17. The van der Waals surface area contributed by atoms with Gasteiger partial charge in [-0.05, 0) is 17.1 Å². The third kappa shape index (κ3) is 5.25. The van der Waals surface area contributed by atoms with E-state index < -0.39 is 48.2 Å². The summed E-state index contributed by atoms with van der Waals surface area (Å²) in [6.07, 6.45) is -5.85. The first-order valence-electron chi connectivity index (χ1n) is 9.72. The average molecular weight is 522 g/mol. The molecule has 3 rings (SSSR count). The molecule has 3 N–H and O–H groups in total. The van der Waals surface area contributed by atoms with Gasteiger partial charge in [-0.3, -0.25) is 0 Å². The lowest BCUT2D eigenvalue weighted by Crippen LogP contribution is -2.60. The second kappa shape index (κ2) is 10.8. The number of nitrogens with zero attached hydrogens (tertiary/aromatic N) is 3. The SMILES string of the molecule is CO[C@H]1O[C@H](CO)[C@@H](O)[C@H](O)[C@H]1OC(=O)c1cc(Cl)c(OCc2ncc([N+](=O)[O-])n2C)c(Cl)c1. The van der Waals surface area contributed by atoms with Crippen LogP contribution in [0.25, 0.3) is 0 Å². The molecule has 1 aromatic carbocycles. The number of aromatic nitrogens is 2. The van der Waals surface area contributed by atoms with Gasteiger partial charge in [0.1, 0.15) is 24.5 Å². The fourth-order valence-corrected chi connectivity index (χ4v) is 3.85. The van der Waals surface area contributed by atoms with E-state index in [1.54, 1.807) is 0 Å². The maximum atomic E-state index is 12.7. The van der Waals surface area contributed by atoms with Gasteiger partial charge in [0, 0.05) is 7.11 Å². The second-order valence-corrected chi connectivity index (χ2v) is 8.03. The normalized spacial score (nSPS) is 24.6. The summed E-state index contributed by atoms with van der Waals surface area (Å²) in [5.41, 5.74) is -0.101. The van der Waals surface area contributed by atoms with Crippen molar-refractivity contribution in [2.24, 2.45) is 7.05 Å². The van der Waals surface area contributed by atoms with Gasteiger partial charge in [0.05, 0.1) is 29.3 Å². The molecular weight excluding hydrogens is 501 g/mol. The number of hydrogen-bond acceptors (Lipinski definition) is 11. The van der Waals surface area contributed by atoms with E-state index in [1.807, 2.05) is 0 Å². The number of carbonyl (C=O) groups is 1. The van der Waals surface area contributed by atoms with Crippen molar-refractivity contribution in [1.29, 1.82) is 0 Å². The van der Waals surface area contributed by atoms with Crippen molar-refractivity contribution in [3.8, 4) is 5.75 Å². The molecule has 0 spiro atoms. The number of imidazole rings is 1. The van der Waals surface area contributed by atoms with Gasteiger partial charge in [-0.25, -0.2) is 14.3 Å². The summed E-state index contributed by atoms with van der Waals surface area (Å²) in [6.45, 7) is -0.782. The number of aliphatic hydroxyl groups is 3. The summed E-state index contributed by atoms with van der Waals surface area (Å²) in [6, 6.07) is 2.41. The minimum atomic E-state index is -1.60. The lowest BCUT2D eigenvalue weighted by atomic mass is 9.99. The first-order valence-corrected chi connectivity index (χ1v) is 10.5. The van der Waals surface area contributed by atoms with Crippen LogP contribution in [-0.2, 0) is 27.9 Å². The Morgan fingerprint density at radius 3 is 2.47 bits per heavy atom. The van der Waals surface area contributed by atoms with E-state index in [0.717, 1.165) is 6.20 Å². The van der Waals surface area contributed by atoms with Gasteiger partial charge < -0.3 is 44.4 Å². The van der Waals surface area contributed by atoms with Crippen LogP contribution >= 0.6 is 23.2 Å². The number of ether oxygens (including phenoxy) is 4. The summed E-state index contributed by atoms with van der Waals surface area (Å²) in [5.74, 6) is -0.950. The number of nitro groups is 1. The van der Waals surface area contributed by atoms with Crippen molar-refractivity contribution < 1.29 is 44.0 Å². The zero-order valence-electron chi connectivity index (χ0n) is 17.8. The van der Waals surface area contributed by atoms with Crippen molar-refractivity contribution in [3.63, 3.8) is 0 Å². The molecule has 34 heavy (non-hydrogen) atoms. The maximum Gasteiger partial charge on any atom is 0.342 e. The van der Waals surface area contributed by atoms with E-state index in [-0.39, 0.29) is 39.6 Å². The molecule has 0 amide bonds. The van der Waals surface area contributed by atoms with Crippen molar-refractivity contribution >= 4 is 35.0 Å². The molecule has 0 bridgehead atoms. The van der Waals surface area contributed by atoms with E-state index in [4.69, 9.17) is 42.1 Å². The number of aliphatic hydroxyl groups excluding tert-OH is 3. The molecule has 1 saturated heterocycles. The molecule has 0 aliphatic carbocycles. The molecule has 1 fully saturated rings. The third-order valence-electron chi connectivity index (χ3n) is 5.13. The molecule has 2 aromatic rings. The number of halogens is 2. The Kier molecular flexibility index (Phi) is 8.30. The Hall–Kier alpha value is -2.52. The molecule has 13 nitrogen and oxygen atoms in total. The van der Waals surface area contributed by atoms with Crippen LogP contribution in [-0.4, -0.2) is 80.2 Å². The molecule has 0 saturated carbocycles. The largest absolute Gasteiger partial charge is 0.480 e. The van der Waals surface area contributed by atoms with Gasteiger partial charge in [-0.1, -0.05) is 23.2 Å². The van der Waals surface area contributed by atoms with Gasteiger partial charge in [0.15, 0.2) is 24.8 Å². The topological polar surface area (TPSA) is 176 Å². The molecule has 0 radical (unpaired) electrons. The minimum Gasteiger partial charge on any atom is -0.480 e. The fourth-order valence-electron chi connectivity index (χ4n) is 3.26. The van der Waals surface area contributed by atoms with Crippen molar-refractivity contribution in [3.05, 3.63) is 49.9 Å². The Morgan fingerprint density at radius 1 is 1.29 bits per heavy atom. The number of benzene rings is 1. The standard InChI is InChI=1S/C19H21Cl2N3O10/c1-23-12(22-5-13(23)24(29)30)7-32-16-9(20)3-8(4-10(16)21)18(28)34-17-15(27)14(26)11(6-25)33-19(17)31-2/h3-5,11,14-15,17,19,25-27H,6-7H2,1-2H3/t11-,14-,15+,17-,19+/m1/s1. The number of hydrogen-bond donors (Lipinski definition) is 3. The van der Waals surface area contributed by atoms with Crippen molar-refractivity contribution in [1.82, 2.24) is 9.55 Å². The van der Waals surface area contributed by atoms with E-state index in [9.17, 15) is 30.2 Å². The Balaban J connectivity index is 1.73. The van der Waals surface area contributed by atoms with Crippen molar-refractivity contribution in [2.45, 2.75) is 37.3 Å². The van der Waals surface area contributed by atoms with Crippen LogP contribution in [0.3, 0.4) is 0 Å². The Morgan fingerprint density at radius 2 is 1.94 bits per heavy atom. The minimum absolute atomic E-state index is 0.00236. The molecular formula is C19H21Cl2N3O10. The molecule has 5 atom stereocenters. The Labute approximate surface area is 202 Å². The predicted octanol–water partition coefficient (Wildman–Crippen LogP) is 0.825. The van der Waals surface area contributed by atoms with Crippen LogP contribution in [0.5, 0.6) is 5.75 Å². The second-order valence-electron chi connectivity index (χ2n) is 7.22. The number of rotatable bonds is 8. The highest BCUT2D eigenvalue weighted by molar-refractivity contribution is 6.37. The summed E-state index contributed by atoms with van der Waals surface area (Å²) in [7, 11) is 2.68. The van der Waals surface area contributed by atoms with E-state index in [1.165, 1.54) is 30.9 Å². The van der Waals surface area contributed by atoms with Gasteiger partial charge in [0.2, 0.25) is 5.82 Å². The van der Waals surface area contributed by atoms with Crippen LogP contribution in [0.2, 0.25) is 10.0 Å². The first kappa shape index (κ1) is 26.1. The Bertz CT molecular complexity index is 1040. The van der Waals surface area contributed by atoms with Crippen LogP contribution in [0.15, 0.2) is 18.3 Å². The summed E-state index contributed by atoms with van der Waals surface area (Å²) in [5, 5.41) is 40.4. The number of carbonyl (C=O) groups excluding carboxylic acids is 1. The smallest absolute Gasteiger partial charge is 0.342 e. The van der Waals surface area contributed by atoms with Gasteiger partial charge in [-0.15, -0.1) is 0 Å². The number of methoxy groups -OCH3 is 1. The fraction of sp³-hybridized carbons (Fsp3) is 0.474. The number of esters is 1. The van der Waals surface area contributed by atoms with Gasteiger partial charge in [-0.2, -0.15) is 0 Å². The highest BCUT2D eigenvalue weighted by atomic mass is 35.5. The quantitative estimate of drug-likeness (QED) is 0.254. The summed E-state index contributed by atoms with van der Waals surface area (Å²) < 4.78 is 22.4. The van der Waals surface area contributed by atoms with Crippen LogP contribution < -0.4 is 4.74 Å². The van der Waals surface area contributed by atoms with E-state index in [2.05, 4.69) is 4.98 Å². The maximum absolute atomic E-state index is 12.7. The summed E-state index contributed by atoms with van der Waals surface area (Å²) in [4.78, 5) is 26.9. The van der Waals surface area contributed by atoms with Crippen LogP contribution in [0.4, 0.5) is 5.82 Å². The first-order chi connectivity index (χ1) is 16.1. The van der Waals surface area contributed by atoms with Crippen molar-refractivity contribution in [2.75, 3.05) is 13.7 Å². The van der Waals surface area contributed by atoms with Gasteiger partial charge in [0.25, 0.3) is 0 Å². The van der Waals surface area contributed by atoms with Gasteiger partial charge >= 0.3 is 11.8 Å². The lowest BCUT2D eigenvalue weighted by molar-refractivity contribution is -0.391. The molecule has 2 heterocycles. The molecule has 1 aromatic heterocycles. The molecule has 186 valence electrons. The molecule has 15 heteroatoms. The molecule has 1 aliphatic heterocycles. The third-order valence-corrected chi connectivity index (χ3v) is 5.69. The monoisotopic (exact) mass is 521 g/mol. The van der Waals surface area contributed by atoms with E-state index >= 15 is 0 Å². The highest BCUT2D eigenvalue weighted by Gasteiger charge is 2.47.